The van der Waals surface area contributed by atoms with Crippen LogP contribution in [0.2, 0.25) is 5.15 Å². The number of nitrogens with zero attached hydrogens (tertiary/aromatic N) is 3. The highest BCUT2D eigenvalue weighted by molar-refractivity contribution is 6.30. The van der Waals surface area contributed by atoms with Crippen LogP contribution in [0.3, 0.4) is 0 Å². The van der Waals surface area contributed by atoms with Crippen LogP contribution in [-0.4, -0.2) is 21.1 Å². The fourth-order valence-electron chi connectivity index (χ4n) is 3.79. The Morgan fingerprint density at radius 2 is 1.86 bits per heavy atom. The van der Waals surface area contributed by atoms with Gasteiger partial charge in [0.2, 0.25) is 0 Å². The Morgan fingerprint density at radius 3 is 2.48 bits per heavy atom. The van der Waals surface area contributed by atoms with E-state index >= 15 is 0 Å². The minimum absolute atomic E-state index is 0.0848. The molecule has 5 rings (SSSR count). The fourth-order valence-corrected chi connectivity index (χ4v) is 3.98. The summed E-state index contributed by atoms with van der Waals surface area (Å²) in [5, 5.41) is 0.253. The number of aryl methyl sites for hydroxylation is 1. The zero-order valence-corrected chi connectivity index (χ0v) is 11.9. The molecule has 0 radical (unpaired) electrons. The van der Waals surface area contributed by atoms with Gasteiger partial charge in [0.15, 0.2) is 0 Å². The molecule has 3 aliphatic rings. The Hall–Kier alpha value is -1.43. The molecule has 7 heteroatoms. The lowest BCUT2D eigenvalue weighted by molar-refractivity contribution is -0.337. The summed E-state index contributed by atoms with van der Waals surface area (Å²) >= 11 is 6.00. The highest BCUT2D eigenvalue weighted by Gasteiger charge is 2.79. The normalized spacial score (nSPS) is 30.9. The van der Waals surface area contributed by atoms with Crippen LogP contribution in [0.25, 0.3) is 11.0 Å². The largest absolute Gasteiger partial charge is 0.394 e. The number of fused-ring (bicyclic) bond motifs is 1. The fraction of sp³-hybridized carbons (Fsp3) is 0.500. The molecule has 0 aromatic carbocycles. The van der Waals surface area contributed by atoms with Gasteiger partial charge in [-0.3, -0.25) is 4.98 Å². The van der Waals surface area contributed by atoms with E-state index in [-0.39, 0.29) is 24.4 Å². The van der Waals surface area contributed by atoms with E-state index in [0.29, 0.717) is 16.7 Å². The van der Waals surface area contributed by atoms with Gasteiger partial charge in [-0.1, -0.05) is 11.6 Å². The number of hydrogen-bond donors (Lipinski definition) is 0. The van der Waals surface area contributed by atoms with Crippen LogP contribution < -0.4 is 0 Å². The van der Waals surface area contributed by atoms with Crippen LogP contribution in [-0.2, 0) is 5.41 Å². The molecule has 0 saturated heterocycles. The van der Waals surface area contributed by atoms with Crippen molar-refractivity contribution in [3.05, 3.63) is 28.8 Å². The standard InChI is InChI=1S/C14H11ClF3N3/c1-7-3-19-10-8(20-7)2-9(15)21-11(10)12-4-13(5-12,6-12)14(16,17)18/h2-3H,4-6H2,1H3. The quantitative estimate of drug-likeness (QED) is 0.748. The molecular weight excluding hydrogens is 303 g/mol. The average Bonchev–Trinajstić information content (AvgIpc) is 2.21. The third kappa shape index (κ3) is 1.59. The van der Waals surface area contributed by atoms with Crippen LogP contribution in [0.1, 0.15) is 30.7 Å². The highest BCUT2D eigenvalue weighted by Crippen LogP contribution is 2.78. The van der Waals surface area contributed by atoms with Gasteiger partial charge in [0.05, 0.1) is 22.3 Å². The third-order valence-corrected chi connectivity index (χ3v) is 4.95. The van der Waals surface area contributed by atoms with Crippen molar-refractivity contribution in [2.75, 3.05) is 0 Å². The second kappa shape index (κ2) is 3.66. The maximum atomic E-state index is 13.0. The van der Waals surface area contributed by atoms with Gasteiger partial charge in [-0.05, 0) is 26.2 Å². The minimum atomic E-state index is -4.13. The predicted molar refractivity (Wildman–Crippen MR) is 71.1 cm³/mol. The van der Waals surface area contributed by atoms with Gasteiger partial charge in [-0.25, -0.2) is 9.97 Å². The SMILES string of the molecule is Cc1cnc2c(C34CC(C(F)(F)F)(C3)C4)nc(Cl)cc2n1. The van der Waals surface area contributed by atoms with Gasteiger partial charge in [-0.15, -0.1) is 0 Å². The first kappa shape index (κ1) is 13.2. The van der Waals surface area contributed by atoms with Gasteiger partial charge >= 0.3 is 6.18 Å². The van der Waals surface area contributed by atoms with Gasteiger partial charge in [0.1, 0.15) is 10.7 Å². The van der Waals surface area contributed by atoms with Gasteiger partial charge in [-0.2, -0.15) is 13.2 Å². The van der Waals surface area contributed by atoms with Crippen molar-refractivity contribution in [2.45, 2.75) is 37.8 Å². The zero-order valence-electron chi connectivity index (χ0n) is 11.1. The predicted octanol–water partition coefficient (Wildman–Crippen LogP) is 3.97. The molecule has 0 amide bonds. The van der Waals surface area contributed by atoms with Crippen LogP contribution >= 0.6 is 11.6 Å². The molecule has 2 heterocycles. The molecule has 0 spiro atoms. The summed E-state index contributed by atoms with van der Waals surface area (Å²) in [6.45, 7) is 1.81. The highest BCUT2D eigenvalue weighted by atomic mass is 35.5. The maximum absolute atomic E-state index is 13.0. The number of alkyl halides is 3. The molecule has 2 aromatic heterocycles. The summed E-state index contributed by atoms with van der Waals surface area (Å²) in [7, 11) is 0. The Bertz CT molecular complexity index is 747. The molecular formula is C14H11ClF3N3. The lowest BCUT2D eigenvalue weighted by Crippen LogP contribution is -2.70. The Morgan fingerprint density at radius 1 is 1.19 bits per heavy atom. The van der Waals surface area contributed by atoms with Gasteiger partial charge in [0, 0.05) is 17.7 Å². The van der Waals surface area contributed by atoms with E-state index in [1.165, 1.54) is 0 Å². The first-order chi connectivity index (χ1) is 9.75. The molecule has 2 aromatic rings. The van der Waals surface area contributed by atoms with Crippen LogP contribution in [0.5, 0.6) is 0 Å². The minimum Gasteiger partial charge on any atom is -0.251 e. The summed E-state index contributed by atoms with van der Waals surface area (Å²) in [5.41, 5.74) is 0.435. The Labute approximate surface area is 123 Å². The van der Waals surface area contributed by atoms with E-state index in [4.69, 9.17) is 11.6 Å². The molecule has 21 heavy (non-hydrogen) atoms. The molecule has 3 nitrogen and oxygen atoms in total. The summed E-state index contributed by atoms with van der Waals surface area (Å²) in [5.74, 6) is 0. The second-order valence-electron chi connectivity index (χ2n) is 6.26. The number of rotatable bonds is 1. The van der Waals surface area contributed by atoms with Gasteiger partial charge in [0.25, 0.3) is 0 Å². The van der Waals surface area contributed by atoms with Crippen molar-refractivity contribution in [3.63, 3.8) is 0 Å². The number of halogens is 4. The third-order valence-electron chi connectivity index (χ3n) is 4.75. The molecule has 3 fully saturated rings. The smallest absolute Gasteiger partial charge is 0.251 e. The number of pyridine rings is 1. The van der Waals surface area contributed by atoms with Crippen molar-refractivity contribution in [1.82, 2.24) is 15.0 Å². The van der Waals surface area contributed by atoms with E-state index in [1.54, 1.807) is 19.2 Å². The van der Waals surface area contributed by atoms with E-state index in [0.717, 1.165) is 5.69 Å². The molecule has 2 bridgehead atoms. The molecule has 3 aliphatic carbocycles. The topological polar surface area (TPSA) is 38.7 Å². The lowest BCUT2D eigenvalue weighted by atomic mass is 9.34. The van der Waals surface area contributed by atoms with Crippen LogP contribution in [0.4, 0.5) is 13.2 Å². The summed E-state index contributed by atoms with van der Waals surface area (Å²) < 4.78 is 38.9. The second-order valence-corrected chi connectivity index (χ2v) is 6.65. The Kier molecular flexibility index (Phi) is 2.31. The van der Waals surface area contributed by atoms with E-state index < -0.39 is 17.0 Å². The number of hydrogen-bond acceptors (Lipinski definition) is 3. The Balaban J connectivity index is 1.80. The average molecular weight is 314 g/mol. The first-order valence-electron chi connectivity index (χ1n) is 6.62. The summed E-state index contributed by atoms with van der Waals surface area (Å²) in [6.07, 6.45) is -2.28. The van der Waals surface area contributed by atoms with E-state index in [2.05, 4.69) is 15.0 Å². The van der Waals surface area contributed by atoms with Gasteiger partial charge < -0.3 is 0 Å². The first-order valence-corrected chi connectivity index (χ1v) is 7.00. The van der Waals surface area contributed by atoms with Crippen LogP contribution in [0.15, 0.2) is 12.3 Å². The molecule has 0 unspecified atom stereocenters. The van der Waals surface area contributed by atoms with Crippen molar-refractivity contribution < 1.29 is 13.2 Å². The summed E-state index contributed by atoms with van der Waals surface area (Å²) in [6, 6.07) is 1.60. The maximum Gasteiger partial charge on any atom is 0.394 e. The number of aromatic nitrogens is 3. The molecule has 0 aliphatic heterocycles. The lowest BCUT2D eigenvalue weighted by Gasteiger charge is -2.70. The molecule has 0 atom stereocenters. The van der Waals surface area contributed by atoms with Crippen molar-refractivity contribution in [2.24, 2.45) is 5.41 Å². The van der Waals surface area contributed by atoms with E-state index in [1.807, 2.05) is 0 Å². The summed E-state index contributed by atoms with van der Waals surface area (Å²) in [4.78, 5) is 12.9. The van der Waals surface area contributed by atoms with Crippen molar-refractivity contribution in [3.8, 4) is 0 Å². The van der Waals surface area contributed by atoms with E-state index in [9.17, 15) is 13.2 Å². The van der Waals surface area contributed by atoms with Crippen LogP contribution in [0, 0.1) is 12.3 Å². The van der Waals surface area contributed by atoms with Crippen molar-refractivity contribution >= 4 is 22.6 Å². The molecule has 0 N–H and O–H groups in total. The monoisotopic (exact) mass is 313 g/mol. The molecule has 3 saturated carbocycles. The zero-order chi connectivity index (χ0) is 15.0. The molecule has 110 valence electrons. The van der Waals surface area contributed by atoms with Crippen molar-refractivity contribution in [1.29, 1.82) is 0 Å².